The number of hydrogen-bond donors (Lipinski definition) is 2. The fourth-order valence-electron chi connectivity index (χ4n) is 2.55. The fraction of sp³-hybridized carbons (Fsp3) is 0.533. The van der Waals surface area contributed by atoms with Gasteiger partial charge in [-0.05, 0) is 32.3 Å². The second kappa shape index (κ2) is 5.81. The van der Waals surface area contributed by atoms with Gasteiger partial charge in [-0.1, -0.05) is 13.8 Å². The maximum absolute atomic E-state index is 12.5. The van der Waals surface area contributed by atoms with Crippen molar-refractivity contribution in [2.24, 2.45) is 11.7 Å². The van der Waals surface area contributed by atoms with Crippen LogP contribution in [0, 0.1) is 12.8 Å². The molecular weight excluding hydrogens is 266 g/mol. The Kier molecular flexibility index (Phi) is 4.27. The average Bonchev–Trinajstić information content (AvgIpc) is 2.80. The molecule has 21 heavy (non-hydrogen) atoms. The summed E-state index contributed by atoms with van der Waals surface area (Å²) in [4.78, 5) is 16.9. The summed E-state index contributed by atoms with van der Waals surface area (Å²) in [5.74, 6) is 0.264. The zero-order valence-electron chi connectivity index (χ0n) is 13.1. The Labute approximate surface area is 124 Å². The molecule has 0 radical (unpaired) electrons. The zero-order valence-corrected chi connectivity index (χ0v) is 13.1. The number of aromatic nitrogens is 3. The third-order valence-corrected chi connectivity index (χ3v) is 3.48. The standard InChI is InChI=1S/C15H23N5O/c1-10(2)7-15(4,9-16)19-14(21)12-8-17-20-6-5-11(3)18-13(12)20/h5-6,8,10H,7,9,16H2,1-4H3,(H,19,21). The molecule has 2 aromatic heterocycles. The Hall–Kier alpha value is -1.95. The van der Waals surface area contributed by atoms with Crippen LogP contribution in [-0.4, -0.2) is 32.6 Å². The maximum atomic E-state index is 12.5. The number of rotatable bonds is 5. The number of aryl methyl sites for hydroxylation is 1. The third kappa shape index (κ3) is 3.39. The van der Waals surface area contributed by atoms with Crippen LogP contribution in [0.25, 0.3) is 5.65 Å². The van der Waals surface area contributed by atoms with E-state index in [2.05, 4.69) is 29.2 Å². The van der Waals surface area contributed by atoms with Gasteiger partial charge in [0.15, 0.2) is 5.65 Å². The minimum atomic E-state index is -0.427. The summed E-state index contributed by atoms with van der Waals surface area (Å²) >= 11 is 0. The average molecular weight is 289 g/mol. The molecule has 0 aliphatic heterocycles. The summed E-state index contributed by atoms with van der Waals surface area (Å²) in [6.45, 7) is 8.47. The SMILES string of the molecule is Cc1ccn2ncc(C(=O)NC(C)(CN)CC(C)C)c2n1. The molecule has 2 aromatic rings. The summed E-state index contributed by atoms with van der Waals surface area (Å²) in [5, 5.41) is 7.19. The number of carbonyl (C=O) groups is 1. The molecule has 0 aromatic carbocycles. The van der Waals surface area contributed by atoms with Crippen LogP contribution < -0.4 is 11.1 Å². The lowest BCUT2D eigenvalue weighted by molar-refractivity contribution is 0.0900. The Bertz CT molecular complexity index is 649. The summed E-state index contributed by atoms with van der Waals surface area (Å²) in [5.41, 5.74) is 7.30. The first-order valence-electron chi connectivity index (χ1n) is 7.18. The highest BCUT2D eigenvalue weighted by Crippen LogP contribution is 2.17. The second-order valence-corrected chi connectivity index (χ2v) is 6.21. The van der Waals surface area contributed by atoms with E-state index in [4.69, 9.17) is 5.73 Å². The topological polar surface area (TPSA) is 85.3 Å². The van der Waals surface area contributed by atoms with Gasteiger partial charge in [-0.3, -0.25) is 4.79 Å². The molecule has 0 saturated heterocycles. The normalized spacial score (nSPS) is 14.4. The number of nitrogens with two attached hydrogens (primary N) is 1. The highest BCUT2D eigenvalue weighted by molar-refractivity contribution is 6.00. The van der Waals surface area contributed by atoms with E-state index in [0.717, 1.165) is 12.1 Å². The fourth-order valence-corrected chi connectivity index (χ4v) is 2.55. The summed E-state index contributed by atoms with van der Waals surface area (Å²) < 4.78 is 1.60. The summed E-state index contributed by atoms with van der Waals surface area (Å²) in [6, 6.07) is 1.85. The summed E-state index contributed by atoms with van der Waals surface area (Å²) in [6.07, 6.45) is 4.16. The molecule has 0 spiro atoms. The van der Waals surface area contributed by atoms with Crippen molar-refractivity contribution in [2.75, 3.05) is 6.54 Å². The van der Waals surface area contributed by atoms with Gasteiger partial charge >= 0.3 is 0 Å². The van der Waals surface area contributed by atoms with Crippen molar-refractivity contribution < 1.29 is 4.79 Å². The first kappa shape index (κ1) is 15.4. The minimum absolute atomic E-state index is 0.184. The first-order valence-corrected chi connectivity index (χ1v) is 7.18. The predicted octanol–water partition coefficient (Wildman–Crippen LogP) is 1.53. The number of carbonyl (C=O) groups excluding carboxylic acids is 1. The zero-order chi connectivity index (χ0) is 15.6. The molecule has 2 rings (SSSR count). The number of amides is 1. The van der Waals surface area contributed by atoms with Gasteiger partial charge in [0, 0.05) is 24.0 Å². The van der Waals surface area contributed by atoms with Crippen molar-refractivity contribution >= 4 is 11.6 Å². The predicted molar refractivity (Wildman–Crippen MR) is 82.1 cm³/mol. The Morgan fingerprint density at radius 3 is 2.86 bits per heavy atom. The Morgan fingerprint density at radius 2 is 2.24 bits per heavy atom. The van der Waals surface area contributed by atoms with Crippen molar-refractivity contribution in [3.05, 3.63) is 29.7 Å². The van der Waals surface area contributed by atoms with Gasteiger partial charge in [0.05, 0.1) is 6.20 Å². The second-order valence-electron chi connectivity index (χ2n) is 6.21. The molecule has 0 saturated carbocycles. The Balaban J connectivity index is 2.28. The van der Waals surface area contributed by atoms with E-state index in [1.54, 1.807) is 16.9 Å². The molecule has 2 heterocycles. The van der Waals surface area contributed by atoms with Crippen LogP contribution in [0.4, 0.5) is 0 Å². The number of nitrogens with one attached hydrogen (secondary N) is 1. The van der Waals surface area contributed by atoms with Gasteiger partial charge in [0.1, 0.15) is 5.56 Å². The van der Waals surface area contributed by atoms with Crippen molar-refractivity contribution in [3.8, 4) is 0 Å². The van der Waals surface area contributed by atoms with Crippen LogP contribution in [0.2, 0.25) is 0 Å². The minimum Gasteiger partial charge on any atom is -0.345 e. The molecule has 6 nitrogen and oxygen atoms in total. The van der Waals surface area contributed by atoms with Crippen LogP contribution in [0.3, 0.4) is 0 Å². The van der Waals surface area contributed by atoms with Crippen molar-refractivity contribution in [1.82, 2.24) is 19.9 Å². The van der Waals surface area contributed by atoms with Crippen LogP contribution in [0.1, 0.15) is 43.2 Å². The van der Waals surface area contributed by atoms with Gasteiger partial charge in [-0.25, -0.2) is 9.50 Å². The highest BCUT2D eigenvalue weighted by Gasteiger charge is 2.27. The highest BCUT2D eigenvalue weighted by atomic mass is 16.1. The molecule has 0 fully saturated rings. The number of hydrogen-bond acceptors (Lipinski definition) is 4. The smallest absolute Gasteiger partial charge is 0.257 e. The quantitative estimate of drug-likeness (QED) is 0.874. The Morgan fingerprint density at radius 1 is 1.52 bits per heavy atom. The van der Waals surface area contributed by atoms with Gasteiger partial charge in [-0.15, -0.1) is 0 Å². The van der Waals surface area contributed by atoms with E-state index >= 15 is 0 Å². The molecule has 0 aliphatic carbocycles. The van der Waals surface area contributed by atoms with Crippen molar-refractivity contribution in [3.63, 3.8) is 0 Å². The molecule has 1 unspecified atom stereocenters. The van der Waals surface area contributed by atoms with Gasteiger partial charge in [0.2, 0.25) is 0 Å². The van der Waals surface area contributed by atoms with Crippen LogP contribution in [0.15, 0.2) is 18.5 Å². The molecule has 114 valence electrons. The van der Waals surface area contributed by atoms with Gasteiger partial charge in [0.25, 0.3) is 5.91 Å². The maximum Gasteiger partial charge on any atom is 0.257 e. The largest absolute Gasteiger partial charge is 0.345 e. The van der Waals surface area contributed by atoms with E-state index < -0.39 is 5.54 Å². The van der Waals surface area contributed by atoms with E-state index in [1.165, 1.54) is 0 Å². The van der Waals surface area contributed by atoms with E-state index in [9.17, 15) is 4.79 Å². The van der Waals surface area contributed by atoms with Gasteiger partial charge < -0.3 is 11.1 Å². The van der Waals surface area contributed by atoms with Crippen LogP contribution in [-0.2, 0) is 0 Å². The molecule has 6 heteroatoms. The molecule has 0 bridgehead atoms. The molecule has 3 N–H and O–H groups in total. The lowest BCUT2D eigenvalue weighted by Crippen LogP contribution is -2.52. The van der Waals surface area contributed by atoms with E-state index in [0.29, 0.717) is 23.7 Å². The van der Waals surface area contributed by atoms with E-state index in [-0.39, 0.29) is 5.91 Å². The molecule has 0 aliphatic rings. The van der Waals surface area contributed by atoms with Gasteiger partial charge in [-0.2, -0.15) is 5.10 Å². The van der Waals surface area contributed by atoms with Crippen molar-refractivity contribution in [2.45, 2.75) is 39.7 Å². The van der Waals surface area contributed by atoms with Crippen molar-refractivity contribution in [1.29, 1.82) is 0 Å². The molecule has 1 atom stereocenters. The third-order valence-electron chi connectivity index (χ3n) is 3.48. The first-order chi connectivity index (χ1) is 9.84. The summed E-state index contributed by atoms with van der Waals surface area (Å²) in [7, 11) is 0. The number of nitrogens with zero attached hydrogens (tertiary/aromatic N) is 3. The lowest BCUT2D eigenvalue weighted by Gasteiger charge is -2.31. The lowest BCUT2D eigenvalue weighted by atomic mass is 9.90. The molecular formula is C15H23N5O. The van der Waals surface area contributed by atoms with Crippen LogP contribution >= 0.6 is 0 Å². The van der Waals surface area contributed by atoms with Crippen LogP contribution in [0.5, 0.6) is 0 Å². The molecule has 1 amide bonds. The monoisotopic (exact) mass is 289 g/mol. The van der Waals surface area contributed by atoms with E-state index in [1.807, 2.05) is 19.9 Å². The number of fused-ring (bicyclic) bond motifs is 1.